The molecule has 4 aromatic rings. The molecule has 9 heteroatoms. The molecule has 0 saturated carbocycles. The van der Waals surface area contributed by atoms with Gasteiger partial charge in [0.1, 0.15) is 17.0 Å². The third-order valence-electron chi connectivity index (χ3n) is 7.36. The Kier molecular flexibility index (Phi) is 7.58. The van der Waals surface area contributed by atoms with Gasteiger partial charge in [0.2, 0.25) is 0 Å². The van der Waals surface area contributed by atoms with Crippen LogP contribution in [0.1, 0.15) is 35.7 Å². The lowest BCUT2D eigenvalue weighted by Gasteiger charge is -2.32. The molecule has 3 heterocycles. The molecule has 5 rings (SSSR count). The first-order valence-electron chi connectivity index (χ1n) is 13.0. The first-order chi connectivity index (χ1) is 18.0. The lowest BCUT2D eigenvalue weighted by Crippen LogP contribution is -2.36. The second-order valence-corrected chi connectivity index (χ2v) is 16.3. The third-order valence-corrected chi connectivity index (χ3v) is 9.82. The molecule has 0 N–H and O–H groups in total. The Morgan fingerprint density at radius 1 is 1.00 bits per heavy atom. The quantitative estimate of drug-likeness (QED) is 0.301. The van der Waals surface area contributed by atoms with Crippen LogP contribution in [0, 0.1) is 0 Å². The predicted molar refractivity (Wildman–Crippen MR) is 155 cm³/mol. The van der Waals surface area contributed by atoms with E-state index in [1.165, 1.54) is 17.4 Å². The number of sulfone groups is 1. The summed E-state index contributed by atoms with van der Waals surface area (Å²) >= 11 is 0. The third kappa shape index (κ3) is 6.42. The van der Waals surface area contributed by atoms with Gasteiger partial charge in [-0.3, -0.25) is 0 Å². The molecule has 1 aliphatic rings. The van der Waals surface area contributed by atoms with Crippen LogP contribution in [0.3, 0.4) is 0 Å². The standard InChI is InChI=1S/C29H35N4O3PS/c1-37(2,34)26-11-9-24(10-12-26)27-8-5-15-33-29(27)30-28(31-33)21-22-6-4-7-25(20-22)23-13-16-32(17-14-23)18-19-38(3,35)36/h4-12,15,20,23H,13-14,16-19,21H2,1-3H3. The van der Waals surface area contributed by atoms with Gasteiger partial charge in [0.15, 0.2) is 11.5 Å². The zero-order valence-corrected chi connectivity index (χ0v) is 24.0. The number of aromatic nitrogens is 3. The van der Waals surface area contributed by atoms with E-state index in [9.17, 15) is 13.0 Å². The van der Waals surface area contributed by atoms with Gasteiger partial charge in [0.05, 0.1) is 5.75 Å². The summed E-state index contributed by atoms with van der Waals surface area (Å²) in [7, 11) is -5.22. The number of fused-ring (bicyclic) bond motifs is 1. The summed E-state index contributed by atoms with van der Waals surface area (Å²) in [4.78, 5) is 7.15. The van der Waals surface area contributed by atoms with Crippen molar-refractivity contribution < 1.29 is 13.0 Å². The smallest absolute Gasteiger partial charge is 0.163 e. The highest BCUT2D eigenvalue weighted by molar-refractivity contribution is 7.90. The van der Waals surface area contributed by atoms with Crippen LogP contribution in [0.25, 0.3) is 16.8 Å². The average molecular weight is 551 g/mol. The maximum absolute atomic E-state index is 12.4. The molecule has 0 atom stereocenters. The van der Waals surface area contributed by atoms with E-state index in [0.29, 0.717) is 18.9 Å². The van der Waals surface area contributed by atoms with E-state index in [-0.39, 0.29) is 5.75 Å². The largest absolute Gasteiger partial charge is 0.319 e. The predicted octanol–water partition coefficient (Wildman–Crippen LogP) is 4.46. The van der Waals surface area contributed by atoms with Crippen LogP contribution in [-0.4, -0.2) is 72.9 Å². The molecule has 1 fully saturated rings. The molecule has 0 bridgehead atoms. The van der Waals surface area contributed by atoms with E-state index in [2.05, 4.69) is 29.2 Å². The minimum atomic E-state index is -2.93. The molecule has 0 radical (unpaired) electrons. The van der Waals surface area contributed by atoms with Crippen LogP contribution in [0.5, 0.6) is 0 Å². The maximum atomic E-state index is 12.4. The van der Waals surface area contributed by atoms with E-state index in [0.717, 1.165) is 53.8 Å². The topological polar surface area (TPSA) is 84.6 Å². The monoisotopic (exact) mass is 550 g/mol. The summed E-state index contributed by atoms with van der Waals surface area (Å²) in [5.74, 6) is 1.48. The van der Waals surface area contributed by atoms with Crippen LogP contribution in [0.4, 0.5) is 0 Å². The molecule has 200 valence electrons. The Morgan fingerprint density at radius 2 is 1.74 bits per heavy atom. The molecule has 2 aromatic carbocycles. The number of rotatable bonds is 8. The Morgan fingerprint density at radius 3 is 2.42 bits per heavy atom. The van der Waals surface area contributed by atoms with Crippen LogP contribution < -0.4 is 5.30 Å². The minimum absolute atomic E-state index is 0.228. The van der Waals surface area contributed by atoms with Gasteiger partial charge in [-0.25, -0.2) is 17.9 Å². The minimum Gasteiger partial charge on any atom is -0.319 e. The molecule has 0 amide bonds. The summed E-state index contributed by atoms with van der Waals surface area (Å²) in [6, 6.07) is 20.6. The fourth-order valence-electron chi connectivity index (χ4n) is 5.18. The normalized spacial score (nSPS) is 15.8. The Labute approximate surface area is 225 Å². The number of likely N-dealkylation sites (tertiary alicyclic amines) is 1. The van der Waals surface area contributed by atoms with Crippen molar-refractivity contribution in [1.29, 1.82) is 0 Å². The van der Waals surface area contributed by atoms with Crippen molar-refractivity contribution in [3.05, 3.63) is 83.8 Å². The van der Waals surface area contributed by atoms with E-state index >= 15 is 0 Å². The zero-order chi connectivity index (χ0) is 26.9. The lowest BCUT2D eigenvalue weighted by molar-refractivity contribution is 0.223. The van der Waals surface area contributed by atoms with Crippen molar-refractivity contribution in [2.45, 2.75) is 25.2 Å². The van der Waals surface area contributed by atoms with Crippen molar-refractivity contribution in [2.75, 3.05) is 45.0 Å². The van der Waals surface area contributed by atoms with Crippen LogP contribution in [0.15, 0.2) is 66.9 Å². The first-order valence-corrected chi connectivity index (χ1v) is 17.7. The fourth-order valence-corrected chi connectivity index (χ4v) is 6.63. The second kappa shape index (κ2) is 10.8. The molecule has 2 aromatic heterocycles. The second-order valence-electron chi connectivity index (χ2n) is 10.8. The fraction of sp³-hybridized carbons (Fsp3) is 0.379. The lowest BCUT2D eigenvalue weighted by atomic mass is 9.88. The molecular formula is C29H35N4O3PS. The number of piperidine rings is 1. The number of benzene rings is 2. The zero-order valence-electron chi connectivity index (χ0n) is 22.2. The Bertz CT molecular complexity index is 1580. The van der Waals surface area contributed by atoms with Crippen molar-refractivity contribution in [3.8, 4) is 11.1 Å². The van der Waals surface area contributed by atoms with Crippen LogP contribution >= 0.6 is 7.14 Å². The van der Waals surface area contributed by atoms with Gasteiger partial charge < -0.3 is 9.46 Å². The highest BCUT2D eigenvalue weighted by atomic mass is 32.2. The van der Waals surface area contributed by atoms with Gasteiger partial charge >= 0.3 is 0 Å². The molecule has 0 spiro atoms. The van der Waals surface area contributed by atoms with Gasteiger partial charge in [-0.15, -0.1) is 0 Å². The average Bonchev–Trinajstić information content (AvgIpc) is 3.29. The molecule has 7 nitrogen and oxygen atoms in total. The number of hydrogen-bond donors (Lipinski definition) is 0. The van der Waals surface area contributed by atoms with Gasteiger partial charge in [-0.1, -0.05) is 48.5 Å². The Balaban J connectivity index is 1.30. The van der Waals surface area contributed by atoms with E-state index in [4.69, 9.17) is 10.1 Å². The molecule has 0 aliphatic carbocycles. The van der Waals surface area contributed by atoms with Crippen LogP contribution in [-0.2, 0) is 20.8 Å². The summed E-state index contributed by atoms with van der Waals surface area (Å²) in [6.07, 6.45) is 5.94. The number of nitrogens with zero attached hydrogens (tertiary/aromatic N) is 4. The van der Waals surface area contributed by atoms with Crippen LogP contribution in [0.2, 0.25) is 0 Å². The van der Waals surface area contributed by atoms with E-state index in [1.807, 2.05) is 47.1 Å². The molecule has 0 unspecified atom stereocenters. The summed E-state index contributed by atoms with van der Waals surface area (Å²) in [6.45, 7) is 6.04. The molecular weight excluding hydrogens is 515 g/mol. The summed E-state index contributed by atoms with van der Waals surface area (Å²) < 4.78 is 37.2. The Hall–Kier alpha value is -2.80. The van der Waals surface area contributed by atoms with Crippen molar-refractivity contribution in [2.24, 2.45) is 0 Å². The molecule has 38 heavy (non-hydrogen) atoms. The molecule has 1 aliphatic heterocycles. The SMILES string of the molecule is CP(C)(=O)c1ccc(-c2cccn3nc(Cc4cccc(C5CCN(CCS(C)(=O)=O)CC5)c4)nc23)cc1. The van der Waals surface area contributed by atoms with Crippen molar-refractivity contribution in [3.63, 3.8) is 0 Å². The van der Waals surface area contributed by atoms with Gasteiger partial charge in [0, 0.05) is 36.3 Å². The van der Waals surface area contributed by atoms with Gasteiger partial charge in [-0.2, -0.15) is 5.10 Å². The highest BCUT2D eigenvalue weighted by Gasteiger charge is 2.22. The first kappa shape index (κ1) is 26.8. The number of pyridine rings is 1. The van der Waals surface area contributed by atoms with Crippen molar-refractivity contribution in [1.82, 2.24) is 19.5 Å². The highest BCUT2D eigenvalue weighted by Crippen LogP contribution is 2.35. The molecule has 1 saturated heterocycles. The van der Waals surface area contributed by atoms with Gasteiger partial charge in [-0.05, 0) is 74.0 Å². The van der Waals surface area contributed by atoms with E-state index < -0.39 is 17.0 Å². The van der Waals surface area contributed by atoms with Gasteiger partial charge in [0.25, 0.3) is 0 Å². The number of hydrogen-bond acceptors (Lipinski definition) is 6. The van der Waals surface area contributed by atoms with E-state index in [1.54, 1.807) is 13.3 Å². The summed E-state index contributed by atoms with van der Waals surface area (Å²) in [5, 5.41) is 5.62. The maximum Gasteiger partial charge on any atom is 0.163 e. The summed E-state index contributed by atoms with van der Waals surface area (Å²) in [5.41, 5.74) is 5.35. The van der Waals surface area contributed by atoms with Crippen molar-refractivity contribution >= 4 is 27.9 Å².